The van der Waals surface area contributed by atoms with Crippen LogP contribution in [0.4, 0.5) is 5.69 Å². The van der Waals surface area contributed by atoms with Crippen molar-refractivity contribution in [3.05, 3.63) is 29.8 Å². The van der Waals surface area contributed by atoms with Crippen LogP contribution in [0.15, 0.2) is 24.3 Å². The van der Waals surface area contributed by atoms with Crippen molar-refractivity contribution in [3.63, 3.8) is 0 Å². The molecule has 1 aliphatic heterocycles. The van der Waals surface area contributed by atoms with Gasteiger partial charge < -0.3 is 10.6 Å². The molecule has 100 valence electrons. The molecule has 0 aromatic heterocycles. The monoisotopic (exact) mass is 274 g/mol. The summed E-state index contributed by atoms with van der Waals surface area (Å²) >= 11 is 5.10. The molecule has 1 aliphatic carbocycles. The lowest BCUT2D eigenvalue weighted by Crippen LogP contribution is -2.46. The van der Waals surface area contributed by atoms with Gasteiger partial charge in [-0.15, -0.1) is 0 Å². The molecular formula is C15H18N2OS. The number of nitrogens with two attached hydrogens (primary N) is 1. The lowest BCUT2D eigenvalue weighted by Gasteiger charge is -2.35. The minimum atomic E-state index is -0.556. The topological polar surface area (TPSA) is 46.3 Å². The van der Waals surface area contributed by atoms with E-state index in [0.717, 1.165) is 31.5 Å². The molecule has 3 nitrogen and oxygen atoms in total. The number of hydrogen-bond acceptors (Lipinski definition) is 2. The van der Waals surface area contributed by atoms with Crippen molar-refractivity contribution in [2.24, 2.45) is 17.1 Å². The highest BCUT2D eigenvalue weighted by Crippen LogP contribution is 2.49. The van der Waals surface area contributed by atoms with Gasteiger partial charge >= 0.3 is 0 Å². The van der Waals surface area contributed by atoms with Crippen molar-refractivity contribution in [3.8, 4) is 0 Å². The third kappa shape index (κ3) is 1.94. The highest BCUT2D eigenvalue weighted by molar-refractivity contribution is 7.80. The van der Waals surface area contributed by atoms with Crippen molar-refractivity contribution >= 4 is 28.8 Å². The second-order valence-corrected chi connectivity index (χ2v) is 6.24. The largest absolute Gasteiger partial charge is 0.392 e. The van der Waals surface area contributed by atoms with Crippen LogP contribution in [0.2, 0.25) is 0 Å². The molecule has 2 aliphatic rings. The summed E-state index contributed by atoms with van der Waals surface area (Å²) in [5, 5.41) is 0. The van der Waals surface area contributed by atoms with E-state index in [4.69, 9.17) is 18.0 Å². The molecule has 0 bridgehead atoms. The van der Waals surface area contributed by atoms with Gasteiger partial charge in [0.2, 0.25) is 5.91 Å². The Balaban J connectivity index is 1.98. The summed E-state index contributed by atoms with van der Waals surface area (Å²) < 4.78 is 0. The molecular weight excluding hydrogens is 256 g/mol. The van der Waals surface area contributed by atoms with Crippen LogP contribution in [0, 0.1) is 11.3 Å². The fourth-order valence-corrected chi connectivity index (χ4v) is 3.23. The standard InChI is InChI=1S/C15H18N2OS/c1-10-8-11-4-2-3-5-12(11)17(9-10)14(18)15(6-7-15)13(16)19/h2-5,10H,6-9H2,1H3,(H2,16,19). The number of carbonyl (C=O) groups is 1. The number of carbonyl (C=O) groups excluding carboxylic acids is 1. The van der Waals surface area contributed by atoms with Crippen molar-refractivity contribution in [2.45, 2.75) is 26.2 Å². The summed E-state index contributed by atoms with van der Waals surface area (Å²) in [6.07, 6.45) is 2.63. The highest BCUT2D eigenvalue weighted by Gasteiger charge is 2.55. The lowest BCUT2D eigenvalue weighted by molar-refractivity contribution is -0.121. The van der Waals surface area contributed by atoms with Gasteiger partial charge in [-0.3, -0.25) is 4.79 Å². The average Bonchev–Trinajstić information content (AvgIpc) is 3.18. The van der Waals surface area contributed by atoms with Gasteiger partial charge in [0.1, 0.15) is 0 Å². The summed E-state index contributed by atoms with van der Waals surface area (Å²) in [4.78, 5) is 15.0. The number of rotatable bonds is 2. The Labute approximate surface area is 118 Å². The molecule has 19 heavy (non-hydrogen) atoms. The van der Waals surface area contributed by atoms with Crippen molar-refractivity contribution in [1.29, 1.82) is 0 Å². The maximum Gasteiger partial charge on any atom is 0.240 e. The van der Waals surface area contributed by atoms with Gasteiger partial charge in [0.05, 0.1) is 10.4 Å². The van der Waals surface area contributed by atoms with Crippen molar-refractivity contribution in [2.75, 3.05) is 11.4 Å². The molecule has 1 atom stereocenters. The van der Waals surface area contributed by atoms with Crippen LogP contribution in [0.25, 0.3) is 0 Å². The molecule has 1 aromatic rings. The molecule has 4 heteroatoms. The normalized spacial score (nSPS) is 23.6. The molecule has 2 N–H and O–H groups in total. The third-order valence-electron chi connectivity index (χ3n) is 4.22. The minimum Gasteiger partial charge on any atom is -0.392 e. The first-order valence-corrected chi connectivity index (χ1v) is 7.15. The molecule has 1 aromatic carbocycles. The second-order valence-electron chi connectivity index (χ2n) is 5.80. The van der Waals surface area contributed by atoms with Gasteiger partial charge in [-0.2, -0.15) is 0 Å². The summed E-state index contributed by atoms with van der Waals surface area (Å²) in [6.45, 7) is 2.94. The molecule has 0 radical (unpaired) electrons. The Morgan fingerprint density at radius 3 is 2.74 bits per heavy atom. The van der Waals surface area contributed by atoms with E-state index in [2.05, 4.69) is 13.0 Å². The van der Waals surface area contributed by atoms with Crippen molar-refractivity contribution < 1.29 is 4.79 Å². The number of nitrogens with zero attached hydrogens (tertiary/aromatic N) is 1. The Hall–Kier alpha value is -1.42. The number of benzene rings is 1. The van der Waals surface area contributed by atoms with E-state index in [0.29, 0.717) is 10.9 Å². The van der Waals surface area contributed by atoms with Gasteiger partial charge in [0, 0.05) is 12.2 Å². The fraction of sp³-hybridized carbons (Fsp3) is 0.467. The van der Waals surface area contributed by atoms with Crippen LogP contribution < -0.4 is 10.6 Å². The van der Waals surface area contributed by atoms with E-state index in [-0.39, 0.29) is 5.91 Å². The Kier molecular flexibility index (Phi) is 2.86. The van der Waals surface area contributed by atoms with Gasteiger partial charge in [-0.25, -0.2) is 0 Å². The first kappa shape index (κ1) is 12.6. The molecule has 0 spiro atoms. The molecule has 0 saturated heterocycles. The van der Waals surface area contributed by atoms with E-state index in [1.54, 1.807) is 0 Å². The molecule has 1 saturated carbocycles. The molecule has 1 amide bonds. The number of anilines is 1. The summed E-state index contributed by atoms with van der Waals surface area (Å²) in [5.41, 5.74) is 7.50. The Morgan fingerprint density at radius 1 is 1.42 bits per heavy atom. The molecule has 1 fully saturated rings. The van der Waals surface area contributed by atoms with Crippen LogP contribution in [-0.4, -0.2) is 17.4 Å². The lowest BCUT2D eigenvalue weighted by atomic mass is 9.92. The van der Waals surface area contributed by atoms with Crippen molar-refractivity contribution in [1.82, 2.24) is 0 Å². The predicted molar refractivity (Wildman–Crippen MR) is 80.1 cm³/mol. The van der Waals surface area contributed by atoms with Crippen LogP contribution in [0.5, 0.6) is 0 Å². The van der Waals surface area contributed by atoms with Crippen LogP contribution in [-0.2, 0) is 11.2 Å². The maximum absolute atomic E-state index is 12.8. The van der Waals surface area contributed by atoms with Gasteiger partial charge in [-0.05, 0) is 36.8 Å². The first-order chi connectivity index (χ1) is 9.04. The highest BCUT2D eigenvalue weighted by atomic mass is 32.1. The second kappa shape index (κ2) is 4.30. The van der Waals surface area contributed by atoms with Gasteiger partial charge in [-0.1, -0.05) is 37.3 Å². The van der Waals surface area contributed by atoms with E-state index in [9.17, 15) is 4.79 Å². The van der Waals surface area contributed by atoms with E-state index < -0.39 is 5.41 Å². The smallest absolute Gasteiger partial charge is 0.240 e. The maximum atomic E-state index is 12.8. The zero-order valence-electron chi connectivity index (χ0n) is 11.1. The van der Waals surface area contributed by atoms with Crippen LogP contribution >= 0.6 is 12.2 Å². The molecule has 3 rings (SSSR count). The third-order valence-corrected chi connectivity index (χ3v) is 4.61. The van der Waals surface area contributed by atoms with E-state index >= 15 is 0 Å². The predicted octanol–water partition coefficient (Wildman–Crippen LogP) is 2.28. The number of para-hydroxylation sites is 1. The zero-order valence-corrected chi connectivity index (χ0v) is 11.9. The number of hydrogen-bond donors (Lipinski definition) is 1. The summed E-state index contributed by atoms with van der Waals surface area (Å²) in [6, 6.07) is 8.13. The van der Waals surface area contributed by atoms with E-state index in [1.807, 2.05) is 23.1 Å². The van der Waals surface area contributed by atoms with E-state index in [1.165, 1.54) is 5.56 Å². The Bertz CT molecular complexity index is 551. The SMILES string of the molecule is CC1Cc2ccccc2N(C(=O)C2(C(N)=S)CC2)C1. The van der Waals surface area contributed by atoms with Gasteiger partial charge in [0.15, 0.2) is 0 Å². The summed E-state index contributed by atoms with van der Waals surface area (Å²) in [5.74, 6) is 0.569. The van der Waals surface area contributed by atoms with Gasteiger partial charge in [0.25, 0.3) is 0 Å². The average molecular weight is 274 g/mol. The quantitative estimate of drug-likeness (QED) is 0.842. The number of thiocarbonyl (C=S) groups is 1. The number of amides is 1. The van der Waals surface area contributed by atoms with Crippen LogP contribution in [0.1, 0.15) is 25.3 Å². The molecule has 1 unspecified atom stereocenters. The first-order valence-electron chi connectivity index (χ1n) is 6.74. The summed E-state index contributed by atoms with van der Waals surface area (Å²) in [7, 11) is 0. The minimum absolute atomic E-state index is 0.0963. The Morgan fingerprint density at radius 2 is 2.11 bits per heavy atom. The van der Waals surface area contributed by atoms with Crippen LogP contribution in [0.3, 0.4) is 0 Å². The number of fused-ring (bicyclic) bond motifs is 1. The zero-order chi connectivity index (χ0) is 13.6. The fourth-order valence-electron chi connectivity index (χ4n) is 2.94. The molecule has 1 heterocycles.